The van der Waals surface area contributed by atoms with Gasteiger partial charge in [0.05, 0.1) is 0 Å². The Bertz CT molecular complexity index is 348. The molecule has 16 heavy (non-hydrogen) atoms. The van der Waals surface area contributed by atoms with E-state index in [-0.39, 0.29) is 0 Å². The summed E-state index contributed by atoms with van der Waals surface area (Å²) in [6, 6.07) is 9.16. The molecule has 1 aromatic rings. The van der Waals surface area contributed by atoms with Crippen molar-refractivity contribution in [3.8, 4) is 0 Å². The van der Waals surface area contributed by atoms with Crippen LogP contribution in [0.25, 0.3) is 0 Å². The lowest BCUT2D eigenvalue weighted by Gasteiger charge is -2.34. The monoisotopic (exact) mass is 218 g/mol. The molecular weight excluding hydrogens is 196 g/mol. The number of nitrogens with two attached hydrogens (primary N) is 1. The van der Waals surface area contributed by atoms with Gasteiger partial charge in [-0.3, -0.25) is 0 Å². The van der Waals surface area contributed by atoms with Crippen molar-refractivity contribution in [1.29, 1.82) is 0 Å². The summed E-state index contributed by atoms with van der Waals surface area (Å²) in [6.45, 7) is 4.43. The number of benzene rings is 1. The number of piperidine rings is 1. The molecule has 1 aromatic carbocycles. The average Bonchev–Trinajstić information content (AvgIpc) is 2.24. The van der Waals surface area contributed by atoms with Crippen LogP contribution in [0.5, 0.6) is 0 Å². The fourth-order valence-electron chi connectivity index (χ4n) is 2.59. The van der Waals surface area contributed by atoms with Crippen molar-refractivity contribution in [2.75, 3.05) is 20.1 Å². The van der Waals surface area contributed by atoms with Crippen LogP contribution in [0.3, 0.4) is 0 Å². The summed E-state index contributed by atoms with van der Waals surface area (Å²) >= 11 is 0. The molecule has 0 aromatic heterocycles. The van der Waals surface area contributed by atoms with Gasteiger partial charge >= 0.3 is 0 Å². The molecule has 0 radical (unpaired) electrons. The summed E-state index contributed by atoms with van der Waals surface area (Å²) in [5, 5.41) is 0. The van der Waals surface area contributed by atoms with Gasteiger partial charge in [0.2, 0.25) is 0 Å². The highest BCUT2D eigenvalue weighted by Gasteiger charge is 2.24. The van der Waals surface area contributed by atoms with Crippen LogP contribution >= 0.6 is 0 Å². The largest absolute Gasteiger partial charge is 0.327 e. The number of rotatable bonds is 2. The fourth-order valence-corrected chi connectivity index (χ4v) is 2.59. The first kappa shape index (κ1) is 11.6. The van der Waals surface area contributed by atoms with Crippen LogP contribution in [0.2, 0.25) is 0 Å². The summed E-state index contributed by atoms with van der Waals surface area (Å²) in [7, 11) is 2.19. The number of likely N-dealkylation sites (tertiary alicyclic amines) is 1. The van der Waals surface area contributed by atoms with E-state index in [9.17, 15) is 0 Å². The molecule has 1 heterocycles. The predicted octanol–water partition coefficient (Wildman–Crippen LogP) is 1.82. The maximum absolute atomic E-state index is 6.20. The first-order valence-electron chi connectivity index (χ1n) is 6.15. The van der Waals surface area contributed by atoms with Crippen LogP contribution in [0.15, 0.2) is 24.3 Å². The highest BCUT2D eigenvalue weighted by molar-refractivity contribution is 5.23. The highest BCUT2D eigenvalue weighted by atomic mass is 15.1. The van der Waals surface area contributed by atoms with Gasteiger partial charge in [-0.2, -0.15) is 0 Å². The first-order chi connectivity index (χ1) is 7.65. The molecule has 2 N–H and O–H groups in total. The van der Waals surface area contributed by atoms with Crippen molar-refractivity contribution in [3.05, 3.63) is 35.4 Å². The van der Waals surface area contributed by atoms with E-state index in [1.54, 1.807) is 0 Å². The molecule has 0 bridgehead atoms. The van der Waals surface area contributed by atoms with E-state index in [0.717, 1.165) is 25.9 Å². The van der Waals surface area contributed by atoms with Gasteiger partial charge in [0.1, 0.15) is 0 Å². The Labute approximate surface area is 98.4 Å². The van der Waals surface area contributed by atoms with Crippen molar-refractivity contribution in [1.82, 2.24) is 4.90 Å². The summed E-state index contributed by atoms with van der Waals surface area (Å²) in [5.74, 6) is 0.612. The molecule has 1 saturated heterocycles. The Balaban J connectivity index is 2.02. The average molecular weight is 218 g/mol. The molecule has 0 amide bonds. The third-order valence-electron chi connectivity index (χ3n) is 3.58. The van der Waals surface area contributed by atoms with E-state index in [2.05, 4.69) is 43.1 Å². The van der Waals surface area contributed by atoms with Crippen molar-refractivity contribution in [2.45, 2.75) is 25.8 Å². The molecule has 0 spiro atoms. The molecule has 0 aliphatic carbocycles. The smallest absolute Gasteiger partial charge is 0.00947 e. The van der Waals surface area contributed by atoms with Crippen molar-refractivity contribution < 1.29 is 0 Å². The predicted molar refractivity (Wildman–Crippen MR) is 68.5 cm³/mol. The molecule has 88 valence electrons. The number of hydrogen-bond acceptors (Lipinski definition) is 2. The van der Waals surface area contributed by atoms with Gasteiger partial charge in [0.15, 0.2) is 0 Å². The molecule has 1 aliphatic heterocycles. The van der Waals surface area contributed by atoms with E-state index in [1.165, 1.54) is 11.1 Å². The van der Waals surface area contributed by atoms with Crippen LogP contribution in [0.4, 0.5) is 0 Å². The Morgan fingerprint density at radius 2 is 2.25 bits per heavy atom. The molecule has 2 heteroatoms. The second kappa shape index (κ2) is 4.98. The first-order valence-corrected chi connectivity index (χ1v) is 6.15. The Kier molecular flexibility index (Phi) is 3.62. The van der Waals surface area contributed by atoms with Gasteiger partial charge in [-0.25, -0.2) is 0 Å². The zero-order valence-corrected chi connectivity index (χ0v) is 10.3. The summed E-state index contributed by atoms with van der Waals surface area (Å²) < 4.78 is 0. The lowest BCUT2D eigenvalue weighted by atomic mass is 9.87. The van der Waals surface area contributed by atoms with Crippen LogP contribution in [-0.2, 0) is 6.42 Å². The maximum Gasteiger partial charge on any atom is 0.00947 e. The minimum Gasteiger partial charge on any atom is -0.327 e. The molecule has 2 unspecified atom stereocenters. The quantitative estimate of drug-likeness (QED) is 0.820. The van der Waals surface area contributed by atoms with Gasteiger partial charge in [0, 0.05) is 12.6 Å². The van der Waals surface area contributed by atoms with Crippen LogP contribution in [0.1, 0.15) is 17.5 Å². The topological polar surface area (TPSA) is 29.3 Å². The second-order valence-corrected chi connectivity index (χ2v) is 5.17. The minimum absolute atomic E-state index is 0.372. The minimum atomic E-state index is 0.372. The molecule has 2 atom stereocenters. The van der Waals surface area contributed by atoms with Crippen LogP contribution in [0, 0.1) is 12.8 Å². The third kappa shape index (κ3) is 2.83. The molecule has 1 aliphatic rings. The summed E-state index contributed by atoms with van der Waals surface area (Å²) in [4.78, 5) is 2.39. The van der Waals surface area contributed by atoms with Crippen molar-refractivity contribution in [3.63, 3.8) is 0 Å². The van der Waals surface area contributed by atoms with Gasteiger partial charge in [0.25, 0.3) is 0 Å². The van der Waals surface area contributed by atoms with E-state index in [0.29, 0.717) is 12.0 Å². The fraction of sp³-hybridized carbons (Fsp3) is 0.571. The third-order valence-corrected chi connectivity index (χ3v) is 3.58. The molecule has 0 saturated carbocycles. The van der Waals surface area contributed by atoms with Gasteiger partial charge in [-0.1, -0.05) is 29.8 Å². The van der Waals surface area contributed by atoms with Gasteiger partial charge in [-0.15, -0.1) is 0 Å². The van der Waals surface area contributed by atoms with E-state index >= 15 is 0 Å². The van der Waals surface area contributed by atoms with Crippen LogP contribution in [-0.4, -0.2) is 31.1 Å². The molecule has 2 rings (SSSR count). The zero-order valence-electron chi connectivity index (χ0n) is 10.3. The number of aryl methyl sites for hydroxylation is 1. The summed E-state index contributed by atoms with van der Waals surface area (Å²) in [6.07, 6.45) is 2.25. The molecular formula is C14H22N2. The van der Waals surface area contributed by atoms with Crippen molar-refractivity contribution >= 4 is 0 Å². The van der Waals surface area contributed by atoms with E-state index in [1.807, 2.05) is 0 Å². The Morgan fingerprint density at radius 1 is 1.44 bits per heavy atom. The molecule has 2 nitrogen and oxygen atoms in total. The van der Waals surface area contributed by atoms with E-state index < -0.39 is 0 Å². The Hall–Kier alpha value is -0.860. The zero-order chi connectivity index (χ0) is 11.5. The van der Waals surface area contributed by atoms with Crippen molar-refractivity contribution in [2.24, 2.45) is 11.7 Å². The standard InChI is InChI=1S/C14H22N2/c1-11-4-3-5-12(8-11)9-13-10-16(2)7-6-14(13)15/h3-5,8,13-14H,6-7,9-10,15H2,1-2H3. The van der Waals surface area contributed by atoms with Crippen LogP contribution < -0.4 is 5.73 Å². The highest BCUT2D eigenvalue weighted by Crippen LogP contribution is 2.19. The SMILES string of the molecule is Cc1cccc(CC2CN(C)CCC2N)c1. The maximum atomic E-state index is 6.20. The second-order valence-electron chi connectivity index (χ2n) is 5.17. The Morgan fingerprint density at radius 3 is 3.00 bits per heavy atom. The number of hydrogen-bond donors (Lipinski definition) is 1. The lowest BCUT2D eigenvalue weighted by molar-refractivity contribution is 0.185. The normalized spacial score (nSPS) is 26.9. The lowest BCUT2D eigenvalue weighted by Crippen LogP contribution is -2.46. The molecule has 1 fully saturated rings. The summed E-state index contributed by atoms with van der Waals surface area (Å²) in [5.41, 5.74) is 8.97. The number of nitrogens with zero attached hydrogens (tertiary/aromatic N) is 1. The van der Waals surface area contributed by atoms with Gasteiger partial charge < -0.3 is 10.6 Å². The van der Waals surface area contributed by atoms with E-state index in [4.69, 9.17) is 5.73 Å². The van der Waals surface area contributed by atoms with Gasteiger partial charge in [-0.05, 0) is 44.8 Å².